The lowest BCUT2D eigenvalue weighted by Gasteiger charge is -2.20. The van der Waals surface area contributed by atoms with E-state index in [1.807, 2.05) is 7.05 Å². The van der Waals surface area contributed by atoms with Crippen molar-refractivity contribution in [2.24, 2.45) is 0 Å². The maximum absolute atomic E-state index is 11.4. The van der Waals surface area contributed by atoms with Crippen molar-refractivity contribution in [1.29, 1.82) is 0 Å². The van der Waals surface area contributed by atoms with Crippen molar-refractivity contribution in [3.05, 3.63) is 0 Å². The number of likely N-dealkylation sites (N-methyl/N-ethyl adjacent to an activating group) is 1. The molecule has 14 heavy (non-hydrogen) atoms. The van der Waals surface area contributed by atoms with Gasteiger partial charge < -0.3 is 19.6 Å². The summed E-state index contributed by atoms with van der Waals surface area (Å²) in [6, 6.07) is 0.268. The number of hydrogen-bond donors (Lipinski definition) is 1. The molecule has 0 spiro atoms. The van der Waals surface area contributed by atoms with Gasteiger partial charge in [0.25, 0.3) is 0 Å². The number of nitrogens with zero attached hydrogens (tertiary/aromatic N) is 2. The van der Waals surface area contributed by atoms with Crippen LogP contribution in [0, 0.1) is 0 Å². The minimum absolute atomic E-state index is 0.0786. The van der Waals surface area contributed by atoms with Gasteiger partial charge in [-0.1, -0.05) is 0 Å². The zero-order chi connectivity index (χ0) is 10.1. The number of hydrogen-bond acceptors (Lipinski definition) is 4. The van der Waals surface area contributed by atoms with Crippen molar-refractivity contribution >= 4 is 6.09 Å². The van der Waals surface area contributed by atoms with E-state index in [0.29, 0.717) is 6.54 Å². The van der Waals surface area contributed by atoms with Crippen LogP contribution in [-0.2, 0) is 4.74 Å². The van der Waals surface area contributed by atoms with Crippen molar-refractivity contribution in [1.82, 2.24) is 9.80 Å². The summed E-state index contributed by atoms with van der Waals surface area (Å²) in [6.07, 6.45) is 0.404. The number of cyclic esters (lactones) is 1. The van der Waals surface area contributed by atoms with E-state index in [4.69, 9.17) is 9.84 Å². The molecule has 0 bridgehead atoms. The standard InChI is InChI=1S/C9H16N2O3/c1-10-3-2-7(4-10)11-5-8(6-12)14-9(11)13/h7-8,12H,2-6H2,1H3/t7?,8-/m1/s1. The van der Waals surface area contributed by atoms with Crippen molar-refractivity contribution in [2.45, 2.75) is 18.6 Å². The fourth-order valence-corrected chi connectivity index (χ4v) is 2.10. The summed E-state index contributed by atoms with van der Waals surface area (Å²) >= 11 is 0. The van der Waals surface area contributed by atoms with Crippen LogP contribution >= 0.6 is 0 Å². The highest BCUT2D eigenvalue weighted by Gasteiger charge is 2.37. The van der Waals surface area contributed by atoms with Gasteiger partial charge >= 0.3 is 6.09 Å². The molecule has 5 nitrogen and oxygen atoms in total. The molecule has 2 aliphatic heterocycles. The Bertz CT molecular complexity index is 234. The second-order valence-electron chi connectivity index (χ2n) is 4.05. The number of ether oxygens (including phenoxy) is 1. The Morgan fingerprint density at radius 3 is 2.86 bits per heavy atom. The molecule has 80 valence electrons. The maximum Gasteiger partial charge on any atom is 0.410 e. The third kappa shape index (κ3) is 1.69. The van der Waals surface area contributed by atoms with Crippen LogP contribution in [0.15, 0.2) is 0 Å². The predicted molar refractivity (Wildman–Crippen MR) is 50.0 cm³/mol. The highest BCUT2D eigenvalue weighted by Crippen LogP contribution is 2.20. The van der Waals surface area contributed by atoms with Gasteiger partial charge in [-0.25, -0.2) is 4.79 Å². The Kier molecular flexibility index (Phi) is 2.60. The molecular weight excluding hydrogens is 184 g/mol. The van der Waals surface area contributed by atoms with Crippen LogP contribution in [0.1, 0.15) is 6.42 Å². The first-order valence-corrected chi connectivity index (χ1v) is 4.97. The Morgan fingerprint density at radius 1 is 1.57 bits per heavy atom. The van der Waals surface area contributed by atoms with Crippen molar-refractivity contribution in [2.75, 3.05) is 33.3 Å². The quantitative estimate of drug-likeness (QED) is 0.653. The molecule has 5 heteroatoms. The van der Waals surface area contributed by atoms with Crippen LogP contribution in [0.4, 0.5) is 4.79 Å². The van der Waals surface area contributed by atoms with E-state index in [0.717, 1.165) is 19.5 Å². The molecule has 2 rings (SSSR count). The average Bonchev–Trinajstić information content (AvgIpc) is 2.71. The molecule has 2 aliphatic rings. The summed E-state index contributed by atoms with van der Waals surface area (Å²) in [5, 5.41) is 8.88. The average molecular weight is 200 g/mol. The molecule has 1 unspecified atom stereocenters. The topological polar surface area (TPSA) is 53.0 Å². The van der Waals surface area contributed by atoms with E-state index >= 15 is 0 Å². The van der Waals surface area contributed by atoms with Gasteiger partial charge in [0.2, 0.25) is 0 Å². The highest BCUT2D eigenvalue weighted by atomic mass is 16.6. The number of amides is 1. The number of aliphatic hydroxyl groups excluding tert-OH is 1. The maximum atomic E-state index is 11.4. The van der Waals surface area contributed by atoms with Gasteiger partial charge in [0.1, 0.15) is 6.10 Å². The minimum Gasteiger partial charge on any atom is -0.442 e. The summed E-state index contributed by atoms with van der Waals surface area (Å²) in [7, 11) is 2.05. The van der Waals surface area contributed by atoms with E-state index in [-0.39, 0.29) is 24.8 Å². The van der Waals surface area contributed by atoms with Gasteiger partial charge in [0.15, 0.2) is 0 Å². The monoisotopic (exact) mass is 200 g/mol. The van der Waals surface area contributed by atoms with Crippen LogP contribution in [-0.4, -0.2) is 66.4 Å². The Hall–Kier alpha value is -0.810. The summed E-state index contributed by atoms with van der Waals surface area (Å²) in [5.41, 5.74) is 0. The van der Waals surface area contributed by atoms with Gasteiger partial charge in [-0.3, -0.25) is 0 Å². The SMILES string of the molecule is CN1CCC(N2C[C@H](CO)OC2=O)C1. The molecule has 2 atom stereocenters. The Balaban J connectivity index is 1.95. The van der Waals surface area contributed by atoms with Crippen LogP contribution in [0.2, 0.25) is 0 Å². The molecular formula is C9H16N2O3. The summed E-state index contributed by atoms with van der Waals surface area (Å²) < 4.78 is 4.99. The molecule has 1 N–H and O–H groups in total. The second-order valence-corrected chi connectivity index (χ2v) is 4.05. The third-order valence-corrected chi connectivity index (χ3v) is 2.91. The first-order valence-electron chi connectivity index (χ1n) is 4.97. The molecule has 0 aliphatic carbocycles. The molecule has 2 saturated heterocycles. The van der Waals surface area contributed by atoms with Gasteiger partial charge in [-0.05, 0) is 20.0 Å². The number of carbonyl (C=O) groups excluding carboxylic acids is 1. The molecule has 0 radical (unpaired) electrons. The van der Waals surface area contributed by atoms with E-state index in [9.17, 15) is 4.79 Å². The summed E-state index contributed by atoms with van der Waals surface area (Å²) in [6.45, 7) is 2.39. The molecule has 0 aromatic carbocycles. The van der Waals surface area contributed by atoms with Crippen molar-refractivity contribution < 1.29 is 14.6 Å². The Morgan fingerprint density at radius 2 is 2.36 bits per heavy atom. The van der Waals surface area contributed by atoms with Crippen molar-refractivity contribution in [3.8, 4) is 0 Å². The van der Waals surface area contributed by atoms with Crippen LogP contribution in [0.3, 0.4) is 0 Å². The number of aliphatic hydroxyl groups is 1. The fraction of sp³-hybridized carbons (Fsp3) is 0.889. The van der Waals surface area contributed by atoms with E-state index < -0.39 is 0 Å². The van der Waals surface area contributed by atoms with Crippen LogP contribution < -0.4 is 0 Å². The lowest BCUT2D eigenvalue weighted by Crippen LogP contribution is -2.38. The van der Waals surface area contributed by atoms with E-state index in [2.05, 4.69) is 4.90 Å². The number of carbonyl (C=O) groups is 1. The minimum atomic E-state index is -0.326. The van der Waals surface area contributed by atoms with Crippen LogP contribution in [0.5, 0.6) is 0 Å². The predicted octanol–water partition coefficient (Wildman–Crippen LogP) is -0.496. The van der Waals surface area contributed by atoms with Gasteiger partial charge in [-0.15, -0.1) is 0 Å². The summed E-state index contributed by atoms with van der Waals surface area (Å²) in [5.74, 6) is 0. The van der Waals surface area contributed by atoms with Gasteiger partial charge in [0, 0.05) is 12.6 Å². The molecule has 0 aromatic rings. The van der Waals surface area contributed by atoms with E-state index in [1.165, 1.54) is 0 Å². The number of rotatable bonds is 2. The second kappa shape index (κ2) is 3.74. The largest absolute Gasteiger partial charge is 0.442 e. The Labute approximate surface area is 83.2 Å². The highest BCUT2D eigenvalue weighted by molar-refractivity contribution is 5.70. The van der Waals surface area contributed by atoms with Gasteiger partial charge in [0.05, 0.1) is 13.2 Å². The lowest BCUT2D eigenvalue weighted by molar-refractivity contribution is 0.0941. The molecule has 0 saturated carbocycles. The van der Waals surface area contributed by atoms with Crippen LogP contribution in [0.25, 0.3) is 0 Å². The summed E-state index contributed by atoms with van der Waals surface area (Å²) in [4.78, 5) is 15.4. The first kappa shape index (κ1) is 9.73. The molecule has 2 fully saturated rings. The first-order chi connectivity index (χ1) is 6.70. The fourth-order valence-electron chi connectivity index (χ4n) is 2.10. The zero-order valence-electron chi connectivity index (χ0n) is 8.35. The normalized spacial score (nSPS) is 33.9. The molecule has 0 aromatic heterocycles. The zero-order valence-corrected chi connectivity index (χ0v) is 8.35. The van der Waals surface area contributed by atoms with Crippen molar-refractivity contribution in [3.63, 3.8) is 0 Å². The van der Waals surface area contributed by atoms with E-state index in [1.54, 1.807) is 4.90 Å². The van der Waals surface area contributed by atoms with Gasteiger partial charge in [-0.2, -0.15) is 0 Å². The lowest BCUT2D eigenvalue weighted by atomic mass is 10.2. The third-order valence-electron chi connectivity index (χ3n) is 2.91. The molecule has 1 amide bonds. The molecule has 2 heterocycles. The smallest absolute Gasteiger partial charge is 0.410 e. The number of likely N-dealkylation sites (tertiary alicyclic amines) is 1.